The Balaban J connectivity index is 1.91. The maximum atomic E-state index is 9.57. The predicted octanol–water partition coefficient (Wildman–Crippen LogP) is 5.17. The van der Waals surface area contributed by atoms with Crippen LogP contribution in [-0.2, 0) is 0 Å². The lowest BCUT2D eigenvalue weighted by atomic mass is 10.1. The lowest BCUT2D eigenvalue weighted by molar-refractivity contribution is 0.978. The SMILES string of the molecule is N#Cc1c(-c2ccccc2)[nH]n2cc(-c3cc(Cl)ccc3Cl)nc12. The fourth-order valence-electron chi connectivity index (χ4n) is 2.67. The fraction of sp³-hybridized carbons (Fsp3) is 0. The third-order valence-corrected chi connectivity index (χ3v) is 4.36. The molecule has 2 aromatic carbocycles. The van der Waals surface area contributed by atoms with Crippen LogP contribution in [0.25, 0.3) is 28.2 Å². The van der Waals surface area contributed by atoms with Crippen molar-refractivity contribution in [1.29, 1.82) is 5.26 Å². The van der Waals surface area contributed by atoms with Gasteiger partial charge in [0, 0.05) is 16.1 Å². The Morgan fingerprint density at radius 1 is 1.08 bits per heavy atom. The number of nitrogens with one attached hydrogen (secondary N) is 1. The Labute approximate surface area is 147 Å². The van der Waals surface area contributed by atoms with Gasteiger partial charge in [0.2, 0.25) is 0 Å². The molecule has 0 saturated carbocycles. The van der Waals surface area contributed by atoms with Gasteiger partial charge in [0.15, 0.2) is 5.65 Å². The topological polar surface area (TPSA) is 56.9 Å². The summed E-state index contributed by atoms with van der Waals surface area (Å²) in [5.41, 5.74) is 4.11. The summed E-state index contributed by atoms with van der Waals surface area (Å²) < 4.78 is 1.73. The van der Waals surface area contributed by atoms with Gasteiger partial charge in [-0.15, -0.1) is 0 Å². The lowest BCUT2D eigenvalue weighted by Gasteiger charge is -2.01. The summed E-state index contributed by atoms with van der Waals surface area (Å²) in [6.45, 7) is 0. The van der Waals surface area contributed by atoms with Crippen molar-refractivity contribution in [3.63, 3.8) is 0 Å². The van der Waals surface area contributed by atoms with Crippen molar-refractivity contribution in [1.82, 2.24) is 14.6 Å². The fourth-order valence-corrected chi connectivity index (χ4v) is 3.06. The highest BCUT2D eigenvalue weighted by Crippen LogP contribution is 2.32. The Morgan fingerprint density at radius 3 is 2.62 bits per heavy atom. The number of fused-ring (bicyclic) bond motifs is 1. The standard InChI is InChI=1S/C18H10Cl2N4/c19-12-6-7-15(20)13(8-12)16-10-24-18(22-16)14(9-21)17(23-24)11-4-2-1-3-5-11/h1-8,10,23H. The van der Waals surface area contributed by atoms with E-state index in [4.69, 9.17) is 23.2 Å². The molecular weight excluding hydrogens is 343 g/mol. The van der Waals surface area contributed by atoms with Gasteiger partial charge in [-0.1, -0.05) is 53.5 Å². The minimum atomic E-state index is 0.491. The number of nitrogens with zero attached hydrogens (tertiary/aromatic N) is 3. The summed E-state index contributed by atoms with van der Waals surface area (Å²) in [5, 5.41) is 13.9. The maximum Gasteiger partial charge on any atom is 0.172 e. The van der Waals surface area contributed by atoms with Gasteiger partial charge in [-0.05, 0) is 18.2 Å². The minimum absolute atomic E-state index is 0.491. The minimum Gasteiger partial charge on any atom is -0.291 e. The van der Waals surface area contributed by atoms with E-state index in [-0.39, 0.29) is 0 Å². The predicted molar refractivity (Wildman–Crippen MR) is 95.1 cm³/mol. The summed E-state index contributed by atoms with van der Waals surface area (Å²) in [7, 11) is 0. The molecule has 0 unspecified atom stereocenters. The van der Waals surface area contributed by atoms with Crippen LogP contribution in [0.4, 0.5) is 0 Å². The van der Waals surface area contributed by atoms with E-state index >= 15 is 0 Å². The molecule has 0 saturated heterocycles. The molecule has 4 rings (SSSR count). The molecule has 4 nitrogen and oxygen atoms in total. The van der Waals surface area contributed by atoms with Crippen LogP contribution >= 0.6 is 23.2 Å². The van der Waals surface area contributed by atoms with Crippen molar-refractivity contribution < 1.29 is 0 Å². The molecule has 1 N–H and O–H groups in total. The number of rotatable bonds is 2. The molecule has 116 valence electrons. The van der Waals surface area contributed by atoms with E-state index in [0.717, 1.165) is 16.8 Å². The quantitative estimate of drug-likeness (QED) is 0.540. The molecule has 0 atom stereocenters. The largest absolute Gasteiger partial charge is 0.291 e. The number of benzene rings is 2. The summed E-state index contributed by atoms with van der Waals surface area (Å²) in [6.07, 6.45) is 1.81. The van der Waals surface area contributed by atoms with Crippen molar-refractivity contribution in [2.75, 3.05) is 0 Å². The van der Waals surface area contributed by atoms with Crippen LogP contribution in [0.5, 0.6) is 0 Å². The Bertz CT molecular complexity index is 1090. The van der Waals surface area contributed by atoms with Gasteiger partial charge in [-0.3, -0.25) is 5.10 Å². The molecule has 0 fully saturated rings. The first-order valence-electron chi connectivity index (χ1n) is 7.19. The van der Waals surface area contributed by atoms with Gasteiger partial charge in [0.1, 0.15) is 11.6 Å². The van der Waals surface area contributed by atoms with Crippen molar-refractivity contribution >= 4 is 28.8 Å². The second-order valence-electron chi connectivity index (χ2n) is 5.28. The zero-order chi connectivity index (χ0) is 16.7. The molecule has 0 radical (unpaired) electrons. The summed E-state index contributed by atoms with van der Waals surface area (Å²) >= 11 is 12.3. The van der Waals surface area contributed by atoms with Crippen LogP contribution in [0.1, 0.15) is 5.56 Å². The molecule has 0 amide bonds. The number of hydrogen-bond donors (Lipinski definition) is 1. The van der Waals surface area contributed by atoms with Crippen LogP contribution in [0.3, 0.4) is 0 Å². The first-order valence-corrected chi connectivity index (χ1v) is 7.95. The molecule has 0 aliphatic carbocycles. The van der Waals surface area contributed by atoms with E-state index in [1.807, 2.05) is 30.3 Å². The van der Waals surface area contributed by atoms with E-state index in [0.29, 0.717) is 26.9 Å². The molecule has 2 heterocycles. The van der Waals surface area contributed by atoms with Gasteiger partial charge in [0.05, 0.1) is 22.6 Å². The number of aromatic nitrogens is 3. The van der Waals surface area contributed by atoms with Gasteiger partial charge in [0.25, 0.3) is 0 Å². The lowest BCUT2D eigenvalue weighted by Crippen LogP contribution is -1.85. The number of nitriles is 1. The smallest absolute Gasteiger partial charge is 0.172 e. The van der Waals surface area contributed by atoms with Crippen molar-refractivity contribution in [2.24, 2.45) is 0 Å². The molecular formula is C18H10Cl2N4. The molecule has 0 spiro atoms. The number of halogens is 2. The van der Waals surface area contributed by atoms with Gasteiger partial charge >= 0.3 is 0 Å². The zero-order valence-corrected chi connectivity index (χ0v) is 13.8. The normalized spacial score (nSPS) is 10.9. The van der Waals surface area contributed by atoms with E-state index in [2.05, 4.69) is 16.2 Å². The number of H-pyrrole nitrogens is 1. The summed E-state index contributed by atoms with van der Waals surface area (Å²) in [6, 6.07) is 17.1. The van der Waals surface area contributed by atoms with Crippen LogP contribution in [0.2, 0.25) is 10.0 Å². The highest BCUT2D eigenvalue weighted by molar-refractivity contribution is 6.35. The van der Waals surface area contributed by atoms with E-state index < -0.39 is 0 Å². The number of imidazole rings is 1. The van der Waals surface area contributed by atoms with Gasteiger partial charge in [-0.25, -0.2) is 9.50 Å². The Morgan fingerprint density at radius 2 is 1.88 bits per heavy atom. The Hall–Kier alpha value is -2.74. The molecule has 0 aliphatic heterocycles. The van der Waals surface area contributed by atoms with Gasteiger partial charge < -0.3 is 0 Å². The molecule has 6 heteroatoms. The van der Waals surface area contributed by atoms with Crippen LogP contribution in [0, 0.1) is 11.3 Å². The highest BCUT2D eigenvalue weighted by atomic mass is 35.5. The molecule has 4 aromatic rings. The van der Waals surface area contributed by atoms with Crippen LogP contribution < -0.4 is 0 Å². The van der Waals surface area contributed by atoms with Crippen LogP contribution in [-0.4, -0.2) is 14.6 Å². The first-order chi connectivity index (χ1) is 11.7. The number of hydrogen-bond acceptors (Lipinski definition) is 2. The van der Waals surface area contributed by atoms with Crippen LogP contribution in [0.15, 0.2) is 54.7 Å². The van der Waals surface area contributed by atoms with Crippen molar-refractivity contribution in [3.8, 4) is 28.6 Å². The average molecular weight is 353 g/mol. The van der Waals surface area contributed by atoms with E-state index in [1.54, 1.807) is 28.9 Å². The molecule has 0 bridgehead atoms. The highest BCUT2D eigenvalue weighted by Gasteiger charge is 2.17. The third kappa shape index (κ3) is 2.35. The molecule has 2 aromatic heterocycles. The third-order valence-electron chi connectivity index (χ3n) is 3.79. The Kier molecular flexibility index (Phi) is 3.53. The van der Waals surface area contributed by atoms with E-state index in [1.165, 1.54) is 0 Å². The average Bonchev–Trinajstić information content (AvgIpc) is 3.15. The van der Waals surface area contributed by atoms with Crippen molar-refractivity contribution in [2.45, 2.75) is 0 Å². The first kappa shape index (κ1) is 14.8. The van der Waals surface area contributed by atoms with Gasteiger partial charge in [-0.2, -0.15) is 5.26 Å². The molecule has 0 aliphatic rings. The number of aromatic amines is 1. The monoisotopic (exact) mass is 352 g/mol. The zero-order valence-electron chi connectivity index (χ0n) is 12.3. The molecule has 24 heavy (non-hydrogen) atoms. The second kappa shape index (κ2) is 5.72. The maximum absolute atomic E-state index is 9.57. The summed E-state index contributed by atoms with van der Waals surface area (Å²) in [4.78, 5) is 4.57. The van der Waals surface area contributed by atoms with Crippen molar-refractivity contribution in [3.05, 3.63) is 70.3 Å². The summed E-state index contributed by atoms with van der Waals surface area (Å²) in [5.74, 6) is 0. The second-order valence-corrected chi connectivity index (χ2v) is 6.13. The van der Waals surface area contributed by atoms with E-state index in [9.17, 15) is 5.26 Å².